The van der Waals surface area contributed by atoms with Crippen LogP contribution in [-0.4, -0.2) is 47.3 Å². The molecule has 9 heteroatoms. The van der Waals surface area contributed by atoms with Gasteiger partial charge in [-0.2, -0.15) is 0 Å². The van der Waals surface area contributed by atoms with Crippen LogP contribution in [-0.2, 0) is 14.8 Å². The highest BCUT2D eigenvalue weighted by Gasteiger charge is 2.32. The fraction of sp³-hybridized carbons (Fsp3) is 0.316. The molecule has 2 aliphatic rings. The maximum atomic E-state index is 13.0. The number of benzene rings is 1. The Balaban J connectivity index is 1.64. The van der Waals surface area contributed by atoms with E-state index in [1.54, 1.807) is 23.3 Å². The van der Waals surface area contributed by atoms with Crippen molar-refractivity contribution >= 4 is 32.8 Å². The van der Waals surface area contributed by atoms with Gasteiger partial charge in [-0.1, -0.05) is 26.0 Å². The van der Waals surface area contributed by atoms with E-state index in [9.17, 15) is 13.2 Å². The summed E-state index contributed by atoms with van der Waals surface area (Å²) in [7, 11) is -3.56. The molecule has 0 bridgehead atoms. The van der Waals surface area contributed by atoms with Crippen molar-refractivity contribution in [3.05, 3.63) is 54.0 Å². The summed E-state index contributed by atoms with van der Waals surface area (Å²) in [6, 6.07) is 7.30. The van der Waals surface area contributed by atoms with Crippen LogP contribution in [0.1, 0.15) is 25.7 Å². The first kappa shape index (κ1) is 18.4. The SMILES string of the molecule is CC(C)C(NC(=O)C1=CC=CN2CCS(=O)(=O)N=C12)c1nc2ccccc2[nH]1. The Morgan fingerprint density at radius 2 is 2.07 bits per heavy atom. The van der Waals surface area contributed by atoms with Crippen molar-refractivity contribution in [1.29, 1.82) is 0 Å². The van der Waals surface area contributed by atoms with Gasteiger partial charge in [0, 0.05) is 12.7 Å². The smallest absolute Gasteiger partial charge is 0.256 e. The topological polar surface area (TPSA) is 108 Å². The van der Waals surface area contributed by atoms with Gasteiger partial charge in [-0.25, -0.2) is 13.4 Å². The van der Waals surface area contributed by atoms with E-state index >= 15 is 0 Å². The summed E-state index contributed by atoms with van der Waals surface area (Å²) in [4.78, 5) is 22.5. The lowest BCUT2D eigenvalue weighted by Crippen LogP contribution is -2.43. The number of carbonyl (C=O) groups excluding carboxylic acids is 1. The van der Waals surface area contributed by atoms with Gasteiger partial charge >= 0.3 is 0 Å². The molecular weight excluding hydrogens is 378 g/mol. The number of aromatic nitrogens is 2. The minimum absolute atomic E-state index is 0.0661. The van der Waals surface area contributed by atoms with Gasteiger partial charge in [-0.15, -0.1) is 4.40 Å². The molecule has 8 nitrogen and oxygen atoms in total. The molecule has 2 N–H and O–H groups in total. The first-order chi connectivity index (χ1) is 13.3. The van der Waals surface area contributed by atoms with Crippen LogP contribution in [0.4, 0.5) is 0 Å². The average Bonchev–Trinajstić information content (AvgIpc) is 3.08. The van der Waals surface area contributed by atoms with Crippen molar-refractivity contribution in [2.45, 2.75) is 19.9 Å². The molecule has 0 saturated heterocycles. The van der Waals surface area contributed by atoms with E-state index in [0.717, 1.165) is 11.0 Å². The second-order valence-corrected chi connectivity index (χ2v) is 8.91. The summed E-state index contributed by atoms with van der Waals surface area (Å²) in [5, 5.41) is 2.99. The molecule has 28 heavy (non-hydrogen) atoms. The maximum Gasteiger partial charge on any atom is 0.256 e. The predicted octanol–water partition coefficient (Wildman–Crippen LogP) is 1.87. The lowest BCUT2D eigenvalue weighted by Gasteiger charge is -2.29. The van der Waals surface area contributed by atoms with Crippen molar-refractivity contribution < 1.29 is 13.2 Å². The molecule has 1 atom stereocenters. The zero-order chi connectivity index (χ0) is 19.9. The number of carbonyl (C=O) groups is 1. The normalized spacial score (nSPS) is 19.2. The molecule has 3 heterocycles. The average molecular weight is 399 g/mol. The van der Waals surface area contributed by atoms with Crippen LogP contribution >= 0.6 is 0 Å². The zero-order valence-corrected chi connectivity index (χ0v) is 16.4. The van der Waals surface area contributed by atoms with Crippen LogP contribution in [0.25, 0.3) is 11.0 Å². The molecule has 2 aliphatic heterocycles. The summed E-state index contributed by atoms with van der Waals surface area (Å²) < 4.78 is 27.6. The minimum atomic E-state index is -3.56. The Morgan fingerprint density at radius 3 is 2.82 bits per heavy atom. The fourth-order valence-corrected chi connectivity index (χ4v) is 4.27. The van der Waals surface area contributed by atoms with E-state index < -0.39 is 10.0 Å². The summed E-state index contributed by atoms with van der Waals surface area (Å²) >= 11 is 0. The van der Waals surface area contributed by atoms with E-state index in [2.05, 4.69) is 19.7 Å². The van der Waals surface area contributed by atoms with E-state index in [1.807, 2.05) is 38.1 Å². The van der Waals surface area contributed by atoms with Crippen molar-refractivity contribution in [2.24, 2.45) is 10.3 Å². The molecule has 0 saturated carbocycles. The number of aromatic amines is 1. The Morgan fingerprint density at radius 1 is 1.29 bits per heavy atom. The number of nitrogens with one attached hydrogen (secondary N) is 2. The highest BCUT2D eigenvalue weighted by molar-refractivity contribution is 7.90. The van der Waals surface area contributed by atoms with Crippen molar-refractivity contribution in [2.75, 3.05) is 12.3 Å². The van der Waals surface area contributed by atoms with Crippen LogP contribution < -0.4 is 5.32 Å². The first-order valence-corrected chi connectivity index (χ1v) is 10.7. The molecule has 146 valence electrons. The number of sulfonamides is 1. The highest BCUT2D eigenvalue weighted by atomic mass is 32.2. The monoisotopic (exact) mass is 399 g/mol. The molecule has 0 spiro atoms. The maximum absolute atomic E-state index is 13.0. The van der Waals surface area contributed by atoms with Gasteiger partial charge in [0.15, 0.2) is 5.84 Å². The third-order valence-corrected chi connectivity index (χ3v) is 5.91. The third-order valence-electron chi connectivity index (χ3n) is 4.76. The molecule has 0 radical (unpaired) electrons. The number of hydrogen-bond donors (Lipinski definition) is 2. The number of imidazole rings is 1. The van der Waals surface area contributed by atoms with Crippen LogP contribution in [0.5, 0.6) is 0 Å². The number of H-pyrrole nitrogens is 1. The van der Waals surface area contributed by atoms with E-state index in [0.29, 0.717) is 5.82 Å². The number of amidine groups is 1. The summed E-state index contributed by atoms with van der Waals surface area (Å²) in [6.07, 6.45) is 5.03. The first-order valence-electron chi connectivity index (χ1n) is 9.08. The predicted molar refractivity (Wildman–Crippen MR) is 107 cm³/mol. The van der Waals surface area contributed by atoms with Crippen molar-refractivity contribution in [3.63, 3.8) is 0 Å². The van der Waals surface area contributed by atoms with Gasteiger partial charge in [-0.05, 0) is 30.2 Å². The molecule has 1 amide bonds. The van der Waals surface area contributed by atoms with Gasteiger partial charge in [0.1, 0.15) is 5.82 Å². The molecule has 0 aliphatic carbocycles. The minimum Gasteiger partial charge on any atom is -0.342 e. The van der Waals surface area contributed by atoms with Crippen LogP contribution in [0.2, 0.25) is 0 Å². The van der Waals surface area contributed by atoms with E-state index in [1.165, 1.54) is 0 Å². The van der Waals surface area contributed by atoms with Gasteiger partial charge in [0.05, 0.1) is 28.4 Å². The second kappa shape index (κ2) is 6.90. The fourth-order valence-electron chi connectivity index (χ4n) is 3.28. The third kappa shape index (κ3) is 3.45. The van der Waals surface area contributed by atoms with Gasteiger partial charge in [0.25, 0.3) is 15.9 Å². The van der Waals surface area contributed by atoms with Gasteiger partial charge in [0.2, 0.25) is 0 Å². The Hall–Kier alpha value is -2.94. The molecule has 2 aromatic rings. The summed E-state index contributed by atoms with van der Waals surface area (Å²) in [5.74, 6) is 0.440. The lowest BCUT2D eigenvalue weighted by atomic mass is 10.0. The molecule has 1 aromatic carbocycles. The quantitative estimate of drug-likeness (QED) is 0.816. The number of fused-ring (bicyclic) bond motifs is 2. The Labute approximate surface area is 163 Å². The highest BCUT2D eigenvalue weighted by Crippen LogP contribution is 2.24. The number of rotatable bonds is 4. The number of para-hydroxylation sites is 2. The molecular formula is C19H21N5O3S. The van der Waals surface area contributed by atoms with E-state index in [4.69, 9.17) is 0 Å². The number of amides is 1. The standard InChI is InChI=1S/C19H21N5O3S/c1-12(2)16(17-20-14-7-3-4-8-15(14)21-17)22-19(25)13-6-5-9-24-10-11-28(26,27)23-18(13)24/h3-9,12,16H,10-11H2,1-2H3,(H,20,21)(H,22,25). The van der Waals surface area contributed by atoms with Gasteiger partial charge in [-0.3, -0.25) is 4.79 Å². The second-order valence-electron chi connectivity index (χ2n) is 7.15. The van der Waals surface area contributed by atoms with Gasteiger partial charge < -0.3 is 15.2 Å². The number of hydrogen-bond acceptors (Lipinski definition) is 5. The van der Waals surface area contributed by atoms with E-state index in [-0.39, 0.29) is 41.6 Å². The Bertz CT molecular complexity index is 1090. The van der Waals surface area contributed by atoms with Crippen molar-refractivity contribution in [1.82, 2.24) is 20.2 Å². The summed E-state index contributed by atoms with van der Waals surface area (Å²) in [5.41, 5.74) is 1.95. The Kier molecular flexibility index (Phi) is 4.54. The molecule has 1 aromatic heterocycles. The zero-order valence-electron chi connectivity index (χ0n) is 15.6. The largest absolute Gasteiger partial charge is 0.342 e. The molecule has 1 unspecified atom stereocenters. The molecule has 4 rings (SSSR count). The van der Waals surface area contributed by atoms with Crippen LogP contribution in [0, 0.1) is 5.92 Å². The van der Waals surface area contributed by atoms with Crippen LogP contribution in [0.15, 0.2) is 52.6 Å². The molecule has 0 fully saturated rings. The summed E-state index contributed by atoms with van der Waals surface area (Å²) in [6.45, 7) is 4.25. The number of allylic oxidation sites excluding steroid dienone is 2. The number of nitrogens with zero attached hydrogens (tertiary/aromatic N) is 3. The lowest BCUT2D eigenvalue weighted by molar-refractivity contribution is -0.118. The van der Waals surface area contributed by atoms with Crippen molar-refractivity contribution in [3.8, 4) is 0 Å². The van der Waals surface area contributed by atoms with Crippen LogP contribution in [0.3, 0.4) is 0 Å².